The lowest BCUT2D eigenvalue weighted by atomic mass is 10.1. The fourth-order valence-electron chi connectivity index (χ4n) is 2.66. The standard InChI is InChI=1S/C20H18N6OS/c1-3-11-26-19(16-5-4-10-21-12-16)23-24-20(26)28-13-17-22-18(25-27-17)15-8-6-14(2)7-9-15/h3-10,12H,1,11,13H2,2H3. The summed E-state index contributed by atoms with van der Waals surface area (Å²) in [6, 6.07) is 11.8. The quantitative estimate of drug-likeness (QED) is 0.346. The first-order valence-electron chi connectivity index (χ1n) is 8.71. The molecule has 1 aromatic carbocycles. The van der Waals surface area contributed by atoms with Crippen LogP contribution in [0.4, 0.5) is 0 Å². The summed E-state index contributed by atoms with van der Waals surface area (Å²) in [5.74, 6) is 2.37. The Morgan fingerprint density at radius 2 is 2.00 bits per heavy atom. The molecule has 140 valence electrons. The van der Waals surface area contributed by atoms with Crippen molar-refractivity contribution in [1.82, 2.24) is 29.9 Å². The van der Waals surface area contributed by atoms with Crippen molar-refractivity contribution in [3.8, 4) is 22.8 Å². The Kier molecular flexibility index (Phi) is 5.29. The highest BCUT2D eigenvalue weighted by Gasteiger charge is 2.16. The van der Waals surface area contributed by atoms with Crippen LogP contribution in [0, 0.1) is 6.92 Å². The minimum absolute atomic E-state index is 0.501. The maximum absolute atomic E-state index is 5.39. The molecule has 0 unspecified atom stereocenters. The molecule has 0 radical (unpaired) electrons. The van der Waals surface area contributed by atoms with Gasteiger partial charge in [-0.2, -0.15) is 4.98 Å². The van der Waals surface area contributed by atoms with Crippen molar-refractivity contribution < 1.29 is 4.52 Å². The van der Waals surface area contributed by atoms with E-state index in [1.165, 1.54) is 17.3 Å². The van der Waals surface area contributed by atoms with E-state index in [2.05, 4.69) is 31.9 Å². The SMILES string of the molecule is C=CCn1c(SCc2nc(-c3ccc(C)cc3)no2)nnc1-c1cccnc1. The third kappa shape index (κ3) is 3.86. The smallest absolute Gasteiger partial charge is 0.237 e. The van der Waals surface area contributed by atoms with Gasteiger partial charge in [0, 0.05) is 30.1 Å². The van der Waals surface area contributed by atoms with Crippen LogP contribution in [-0.4, -0.2) is 29.9 Å². The largest absolute Gasteiger partial charge is 0.338 e. The van der Waals surface area contributed by atoms with E-state index in [9.17, 15) is 0 Å². The Labute approximate surface area is 166 Å². The van der Waals surface area contributed by atoms with Crippen molar-refractivity contribution in [2.24, 2.45) is 0 Å². The van der Waals surface area contributed by atoms with E-state index in [4.69, 9.17) is 4.52 Å². The molecular formula is C20H18N6OS. The Morgan fingerprint density at radius 1 is 1.14 bits per heavy atom. The molecule has 8 heteroatoms. The lowest BCUT2D eigenvalue weighted by Gasteiger charge is -2.06. The van der Waals surface area contributed by atoms with Gasteiger partial charge in [0.15, 0.2) is 11.0 Å². The molecule has 28 heavy (non-hydrogen) atoms. The van der Waals surface area contributed by atoms with E-state index in [1.807, 2.05) is 54.0 Å². The number of hydrogen-bond acceptors (Lipinski definition) is 7. The van der Waals surface area contributed by atoms with Gasteiger partial charge in [-0.05, 0) is 19.1 Å². The summed E-state index contributed by atoms with van der Waals surface area (Å²) in [7, 11) is 0. The zero-order valence-corrected chi connectivity index (χ0v) is 16.1. The first-order chi connectivity index (χ1) is 13.7. The van der Waals surface area contributed by atoms with Gasteiger partial charge in [-0.25, -0.2) is 0 Å². The number of hydrogen-bond donors (Lipinski definition) is 0. The molecular weight excluding hydrogens is 372 g/mol. The fourth-order valence-corrected chi connectivity index (χ4v) is 3.44. The maximum Gasteiger partial charge on any atom is 0.237 e. The second-order valence-corrected chi connectivity index (χ2v) is 7.06. The van der Waals surface area contributed by atoms with E-state index < -0.39 is 0 Å². The van der Waals surface area contributed by atoms with Gasteiger partial charge >= 0.3 is 0 Å². The highest BCUT2D eigenvalue weighted by molar-refractivity contribution is 7.98. The molecule has 3 aromatic heterocycles. The summed E-state index contributed by atoms with van der Waals surface area (Å²) in [4.78, 5) is 8.63. The van der Waals surface area contributed by atoms with E-state index in [0.29, 0.717) is 24.0 Å². The molecule has 0 amide bonds. The number of nitrogens with zero attached hydrogens (tertiary/aromatic N) is 6. The molecule has 0 N–H and O–H groups in total. The topological polar surface area (TPSA) is 82.5 Å². The minimum Gasteiger partial charge on any atom is -0.338 e. The molecule has 0 fully saturated rings. The number of pyridine rings is 1. The first-order valence-corrected chi connectivity index (χ1v) is 9.70. The van der Waals surface area contributed by atoms with Crippen molar-refractivity contribution in [2.45, 2.75) is 24.4 Å². The van der Waals surface area contributed by atoms with Crippen molar-refractivity contribution in [3.05, 3.63) is 72.9 Å². The second kappa shape index (κ2) is 8.18. The van der Waals surface area contributed by atoms with Crippen LogP contribution in [0.2, 0.25) is 0 Å². The summed E-state index contributed by atoms with van der Waals surface area (Å²) in [5.41, 5.74) is 3.02. The number of benzene rings is 1. The van der Waals surface area contributed by atoms with E-state index in [0.717, 1.165) is 22.1 Å². The average Bonchev–Trinajstić information content (AvgIpc) is 3.35. The van der Waals surface area contributed by atoms with Gasteiger partial charge in [0.1, 0.15) is 0 Å². The van der Waals surface area contributed by atoms with Crippen LogP contribution in [0.15, 0.2) is 71.1 Å². The fraction of sp³-hybridized carbons (Fsp3) is 0.150. The van der Waals surface area contributed by atoms with E-state index in [-0.39, 0.29) is 0 Å². The van der Waals surface area contributed by atoms with E-state index in [1.54, 1.807) is 12.4 Å². The number of aryl methyl sites for hydroxylation is 1. The molecule has 0 atom stereocenters. The number of rotatable bonds is 7. The van der Waals surface area contributed by atoms with Gasteiger partial charge in [0.05, 0.1) is 5.75 Å². The molecule has 0 bridgehead atoms. The van der Waals surface area contributed by atoms with Gasteiger partial charge in [0.2, 0.25) is 11.7 Å². The zero-order valence-electron chi connectivity index (χ0n) is 15.3. The van der Waals surface area contributed by atoms with Crippen molar-refractivity contribution in [1.29, 1.82) is 0 Å². The van der Waals surface area contributed by atoms with Crippen molar-refractivity contribution in [2.75, 3.05) is 0 Å². The Morgan fingerprint density at radius 3 is 2.75 bits per heavy atom. The molecule has 0 saturated carbocycles. The van der Waals surface area contributed by atoms with Crippen LogP contribution >= 0.6 is 11.8 Å². The van der Waals surface area contributed by atoms with Crippen molar-refractivity contribution in [3.63, 3.8) is 0 Å². The lowest BCUT2D eigenvalue weighted by molar-refractivity contribution is 0.391. The Bertz CT molecular complexity index is 1070. The molecule has 0 aliphatic carbocycles. The summed E-state index contributed by atoms with van der Waals surface area (Å²) in [6.07, 6.45) is 5.31. The first kappa shape index (κ1) is 18.1. The monoisotopic (exact) mass is 390 g/mol. The minimum atomic E-state index is 0.501. The molecule has 0 saturated heterocycles. The van der Waals surface area contributed by atoms with Gasteiger partial charge in [-0.15, -0.1) is 16.8 Å². The van der Waals surface area contributed by atoms with E-state index >= 15 is 0 Å². The molecule has 4 aromatic rings. The van der Waals surface area contributed by atoms with Crippen LogP contribution in [0.25, 0.3) is 22.8 Å². The van der Waals surface area contributed by atoms with Gasteiger partial charge in [-0.1, -0.05) is 52.8 Å². The normalized spacial score (nSPS) is 10.9. The average molecular weight is 390 g/mol. The van der Waals surface area contributed by atoms with Gasteiger partial charge in [0.25, 0.3) is 0 Å². The highest BCUT2D eigenvalue weighted by Crippen LogP contribution is 2.26. The van der Waals surface area contributed by atoms with Crippen LogP contribution < -0.4 is 0 Å². The highest BCUT2D eigenvalue weighted by atomic mass is 32.2. The maximum atomic E-state index is 5.39. The molecule has 0 spiro atoms. The van der Waals surface area contributed by atoms with Crippen LogP contribution in [0.5, 0.6) is 0 Å². The molecule has 0 aliphatic heterocycles. The van der Waals surface area contributed by atoms with Crippen LogP contribution in [-0.2, 0) is 12.3 Å². The number of thioether (sulfide) groups is 1. The summed E-state index contributed by atoms with van der Waals surface area (Å²) < 4.78 is 7.38. The van der Waals surface area contributed by atoms with Crippen molar-refractivity contribution >= 4 is 11.8 Å². The molecule has 3 heterocycles. The third-order valence-electron chi connectivity index (χ3n) is 4.05. The predicted molar refractivity (Wildman–Crippen MR) is 107 cm³/mol. The predicted octanol–water partition coefficient (Wildman–Crippen LogP) is 4.18. The van der Waals surface area contributed by atoms with Crippen LogP contribution in [0.1, 0.15) is 11.5 Å². The Balaban J connectivity index is 1.52. The molecule has 0 aliphatic rings. The van der Waals surface area contributed by atoms with Gasteiger partial charge in [-0.3, -0.25) is 9.55 Å². The molecule has 7 nitrogen and oxygen atoms in total. The summed E-state index contributed by atoms with van der Waals surface area (Å²) in [5, 5.41) is 13.5. The molecule has 4 rings (SSSR count). The zero-order chi connectivity index (χ0) is 19.3. The lowest BCUT2D eigenvalue weighted by Crippen LogP contribution is -2.01. The number of allylic oxidation sites excluding steroid dienone is 1. The third-order valence-corrected chi connectivity index (χ3v) is 5.00. The second-order valence-electron chi connectivity index (χ2n) is 6.11. The Hall–Kier alpha value is -3.26. The summed E-state index contributed by atoms with van der Waals surface area (Å²) in [6.45, 7) is 6.47. The van der Waals surface area contributed by atoms with Gasteiger partial charge < -0.3 is 4.52 Å². The number of aromatic nitrogens is 6. The summed E-state index contributed by atoms with van der Waals surface area (Å²) >= 11 is 1.49. The van der Waals surface area contributed by atoms with Crippen LogP contribution in [0.3, 0.4) is 0 Å².